The summed E-state index contributed by atoms with van der Waals surface area (Å²) in [6.07, 6.45) is 15.9. The topological polar surface area (TPSA) is 9.23 Å². The summed E-state index contributed by atoms with van der Waals surface area (Å²) in [5.74, 6) is 1.82. The van der Waals surface area contributed by atoms with E-state index in [0.717, 1.165) is 37.2 Å². The monoisotopic (exact) mass is 330 g/mol. The zero-order chi connectivity index (χ0) is 17.7. The molecule has 0 radical (unpaired) electrons. The van der Waals surface area contributed by atoms with Gasteiger partial charge in [0.2, 0.25) is 0 Å². The van der Waals surface area contributed by atoms with Gasteiger partial charge in [-0.05, 0) is 48.9 Å². The first-order valence-corrected chi connectivity index (χ1v) is 8.70. The number of rotatable bonds is 10. The molecule has 2 aromatic rings. The van der Waals surface area contributed by atoms with Crippen molar-refractivity contribution in [2.45, 2.75) is 25.7 Å². The average Bonchev–Trinajstić information content (AvgIpc) is 2.65. The highest BCUT2D eigenvalue weighted by Gasteiger charge is 2.06. The zero-order valence-corrected chi connectivity index (χ0v) is 14.7. The molecule has 2 rings (SSSR count). The molecule has 2 aromatic carbocycles. The van der Waals surface area contributed by atoms with Gasteiger partial charge in [0.1, 0.15) is 11.5 Å². The Morgan fingerprint density at radius 3 is 1.52 bits per heavy atom. The smallest absolute Gasteiger partial charge is 0.130 e. The van der Waals surface area contributed by atoms with Crippen molar-refractivity contribution in [1.82, 2.24) is 0 Å². The van der Waals surface area contributed by atoms with Crippen molar-refractivity contribution in [2.24, 2.45) is 0 Å². The Kier molecular flexibility index (Phi) is 8.07. The summed E-state index contributed by atoms with van der Waals surface area (Å²) >= 11 is 0. The van der Waals surface area contributed by atoms with Crippen LogP contribution < -0.4 is 4.74 Å². The summed E-state index contributed by atoms with van der Waals surface area (Å²) in [4.78, 5) is 0. The van der Waals surface area contributed by atoms with E-state index in [-0.39, 0.29) is 0 Å². The normalized spacial score (nSPS) is 11.0. The summed E-state index contributed by atoms with van der Waals surface area (Å²) in [6, 6.07) is 16.4. The van der Waals surface area contributed by atoms with Gasteiger partial charge in [-0.25, -0.2) is 0 Å². The second-order valence-electron chi connectivity index (χ2n) is 5.72. The summed E-state index contributed by atoms with van der Waals surface area (Å²) in [5, 5.41) is 0. The lowest BCUT2D eigenvalue weighted by Gasteiger charge is -2.13. The van der Waals surface area contributed by atoms with E-state index in [0.29, 0.717) is 0 Å². The first kappa shape index (κ1) is 18.5. The van der Waals surface area contributed by atoms with Gasteiger partial charge < -0.3 is 4.74 Å². The molecule has 1 nitrogen and oxygen atoms in total. The maximum absolute atomic E-state index is 6.25. The fourth-order valence-corrected chi connectivity index (χ4v) is 2.47. The second-order valence-corrected chi connectivity index (χ2v) is 5.72. The molecule has 0 saturated carbocycles. The number of ether oxygens (including phenoxy) is 1. The predicted octanol–water partition coefficient (Wildman–Crippen LogP) is 6.83. The Bertz CT molecular complexity index is 674. The molecular weight excluding hydrogens is 304 g/mol. The molecule has 0 fully saturated rings. The van der Waals surface area contributed by atoms with Gasteiger partial charge in [-0.2, -0.15) is 0 Å². The van der Waals surface area contributed by atoms with E-state index in [1.807, 2.05) is 48.6 Å². The molecule has 0 bridgehead atoms. The lowest BCUT2D eigenvalue weighted by Crippen LogP contribution is -1.94. The Morgan fingerprint density at radius 2 is 1.08 bits per heavy atom. The third kappa shape index (κ3) is 6.31. The highest BCUT2D eigenvalue weighted by atomic mass is 16.5. The van der Waals surface area contributed by atoms with Gasteiger partial charge in [0.25, 0.3) is 0 Å². The van der Waals surface area contributed by atoms with Crippen LogP contribution in [0.1, 0.15) is 24.0 Å². The predicted molar refractivity (Wildman–Crippen MR) is 108 cm³/mol. The third-order valence-corrected chi connectivity index (χ3v) is 3.78. The Labute approximate surface area is 151 Å². The van der Waals surface area contributed by atoms with Crippen LogP contribution in [0.4, 0.5) is 0 Å². The number of para-hydroxylation sites is 2. The minimum atomic E-state index is 0.853. The maximum Gasteiger partial charge on any atom is 0.130 e. The van der Waals surface area contributed by atoms with Gasteiger partial charge in [0.15, 0.2) is 0 Å². The number of benzene rings is 2. The highest BCUT2D eigenvalue weighted by Crippen LogP contribution is 2.29. The summed E-state index contributed by atoms with van der Waals surface area (Å²) in [7, 11) is 0. The van der Waals surface area contributed by atoms with Crippen molar-refractivity contribution >= 4 is 0 Å². The molecule has 0 saturated heterocycles. The minimum Gasteiger partial charge on any atom is -0.457 e. The van der Waals surface area contributed by atoms with Gasteiger partial charge in [0.05, 0.1) is 0 Å². The minimum absolute atomic E-state index is 0.853. The van der Waals surface area contributed by atoms with Crippen molar-refractivity contribution in [3.8, 4) is 11.5 Å². The molecule has 0 atom stereocenters. The largest absolute Gasteiger partial charge is 0.457 e. The molecule has 0 aliphatic rings. The van der Waals surface area contributed by atoms with E-state index in [2.05, 4.69) is 49.6 Å². The fourth-order valence-electron chi connectivity index (χ4n) is 2.47. The lowest BCUT2D eigenvalue weighted by molar-refractivity contribution is 0.472. The first-order valence-electron chi connectivity index (χ1n) is 8.70. The van der Waals surface area contributed by atoms with Crippen molar-refractivity contribution < 1.29 is 4.74 Å². The molecule has 0 amide bonds. The maximum atomic E-state index is 6.25. The molecule has 0 unspecified atom stereocenters. The molecule has 25 heavy (non-hydrogen) atoms. The first-order chi connectivity index (χ1) is 12.3. The van der Waals surface area contributed by atoms with Crippen LogP contribution in [0.25, 0.3) is 0 Å². The van der Waals surface area contributed by atoms with Crippen molar-refractivity contribution in [3.05, 3.63) is 109 Å². The van der Waals surface area contributed by atoms with Crippen molar-refractivity contribution in [2.75, 3.05) is 0 Å². The quantitative estimate of drug-likeness (QED) is 0.434. The van der Waals surface area contributed by atoms with Crippen LogP contribution in [0.3, 0.4) is 0 Å². The Balaban J connectivity index is 2.14. The Hall–Kier alpha value is -2.80. The molecule has 1 heteroatoms. The van der Waals surface area contributed by atoms with Gasteiger partial charge in [-0.1, -0.05) is 72.9 Å². The highest BCUT2D eigenvalue weighted by molar-refractivity contribution is 5.42. The van der Waals surface area contributed by atoms with Gasteiger partial charge in [-0.15, -0.1) is 13.2 Å². The molecule has 0 aliphatic heterocycles. The van der Waals surface area contributed by atoms with Crippen LogP contribution in [0, 0.1) is 0 Å². The fraction of sp³-hybridized carbons (Fsp3) is 0.167. The summed E-state index contributed by atoms with van der Waals surface area (Å²) in [5.41, 5.74) is 2.36. The molecule has 0 aromatic heterocycles. The van der Waals surface area contributed by atoms with E-state index in [1.54, 1.807) is 0 Å². The number of hydrogen-bond donors (Lipinski definition) is 0. The summed E-state index contributed by atoms with van der Waals surface area (Å²) < 4.78 is 6.25. The van der Waals surface area contributed by atoms with Gasteiger partial charge in [-0.3, -0.25) is 0 Å². The van der Waals surface area contributed by atoms with Crippen LogP contribution in [0.2, 0.25) is 0 Å². The molecule has 0 heterocycles. The van der Waals surface area contributed by atoms with E-state index >= 15 is 0 Å². The van der Waals surface area contributed by atoms with Crippen molar-refractivity contribution in [3.63, 3.8) is 0 Å². The van der Waals surface area contributed by atoms with Crippen LogP contribution in [0.5, 0.6) is 11.5 Å². The lowest BCUT2D eigenvalue weighted by atomic mass is 10.1. The van der Waals surface area contributed by atoms with E-state index in [9.17, 15) is 0 Å². The van der Waals surface area contributed by atoms with Crippen LogP contribution in [0.15, 0.2) is 98.1 Å². The molecule has 0 aliphatic carbocycles. The summed E-state index contributed by atoms with van der Waals surface area (Å²) in [6.45, 7) is 7.47. The SMILES string of the molecule is C=CCC=CCc1ccccc1Oc1ccccc1CC=CCC=C. The zero-order valence-electron chi connectivity index (χ0n) is 14.7. The number of hydrogen-bond acceptors (Lipinski definition) is 1. The van der Waals surface area contributed by atoms with Crippen LogP contribution in [-0.2, 0) is 12.8 Å². The standard InChI is InChI=1S/C24H26O/c1-3-5-7-9-15-21-17-11-13-19-23(21)25-24-20-14-12-18-22(24)16-10-8-6-4-2/h3-4,7-14,17-20H,1-2,5-6,15-16H2. The molecule has 128 valence electrons. The van der Waals surface area contributed by atoms with E-state index in [4.69, 9.17) is 4.74 Å². The van der Waals surface area contributed by atoms with Crippen LogP contribution in [-0.4, -0.2) is 0 Å². The van der Waals surface area contributed by atoms with Gasteiger partial charge in [0, 0.05) is 0 Å². The third-order valence-electron chi connectivity index (χ3n) is 3.78. The van der Waals surface area contributed by atoms with E-state index in [1.165, 1.54) is 11.1 Å². The Morgan fingerprint density at radius 1 is 0.640 bits per heavy atom. The number of allylic oxidation sites excluding steroid dienone is 6. The average molecular weight is 330 g/mol. The van der Waals surface area contributed by atoms with E-state index < -0.39 is 0 Å². The second kappa shape index (κ2) is 10.9. The molecular formula is C24H26O. The molecule has 0 N–H and O–H groups in total. The van der Waals surface area contributed by atoms with Gasteiger partial charge >= 0.3 is 0 Å². The molecule has 0 spiro atoms. The van der Waals surface area contributed by atoms with Crippen molar-refractivity contribution in [1.29, 1.82) is 0 Å². The van der Waals surface area contributed by atoms with Crippen LogP contribution >= 0.6 is 0 Å².